The zero-order valence-corrected chi connectivity index (χ0v) is 13.2. The molecule has 2 nitrogen and oxygen atoms in total. The minimum absolute atomic E-state index is 0.193. The van der Waals surface area contributed by atoms with Crippen molar-refractivity contribution in [3.05, 3.63) is 30.1 Å². The van der Waals surface area contributed by atoms with E-state index in [-0.39, 0.29) is 5.54 Å². The van der Waals surface area contributed by atoms with Gasteiger partial charge in [0.2, 0.25) is 0 Å². The van der Waals surface area contributed by atoms with E-state index < -0.39 is 0 Å². The molecule has 2 aliphatic carbocycles. The lowest BCUT2D eigenvalue weighted by molar-refractivity contribution is 0.0230. The van der Waals surface area contributed by atoms with Crippen molar-refractivity contribution in [3.8, 4) is 0 Å². The molecule has 3 rings (SSSR count). The van der Waals surface area contributed by atoms with Crippen LogP contribution >= 0.6 is 0 Å². The molecule has 2 saturated carbocycles. The van der Waals surface area contributed by atoms with Crippen LogP contribution in [0.1, 0.15) is 64.9 Å². The minimum Gasteiger partial charge on any atom is -0.311 e. The summed E-state index contributed by atoms with van der Waals surface area (Å²) in [4.78, 5) is 4.19. The number of hydrogen-bond donors (Lipinski definition) is 1. The Morgan fingerprint density at radius 3 is 2.25 bits per heavy atom. The summed E-state index contributed by atoms with van der Waals surface area (Å²) in [5.41, 5.74) is 2.70. The maximum Gasteiger partial charge on any atom is 0.0270 e. The van der Waals surface area contributed by atoms with Gasteiger partial charge in [0.05, 0.1) is 0 Å². The maximum atomic E-state index is 4.19. The topological polar surface area (TPSA) is 24.9 Å². The van der Waals surface area contributed by atoms with Crippen molar-refractivity contribution in [2.75, 3.05) is 6.54 Å². The molecule has 0 atom stereocenters. The van der Waals surface area contributed by atoms with E-state index in [1.165, 1.54) is 44.1 Å². The Morgan fingerprint density at radius 2 is 1.70 bits per heavy atom. The Morgan fingerprint density at radius 1 is 1.10 bits per heavy atom. The average molecular weight is 272 g/mol. The molecule has 2 heteroatoms. The normalized spacial score (nSPS) is 23.8. The first-order valence-electron chi connectivity index (χ1n) is 8.09. The van der Waals surface area contributed by atoms with Crippen molar-refractivity contribution >= 4 is 0 Å². The van der Waals surface area contributed by atoms with E-state index in [1.54, 1.807) is 0 Å². The highest BCUT2D eigenvalue weighted by molar-refractivity contribution is 5.30. The van der Waals surface area contributed by atoms with Gasteiger partial charge in [-0.1, -0.05) is 12.8 Å². The van der Waals surface area contributed by atoms with E-state index in [0.29, 0.717) is 10.8 Å². The molecule has 0 aromatic carbocycles. The van der Waals surface area contributed by atoms with Crippen LogP contribution in [0.5, 0.6) is 0 Å². The molecule has 1 heterocycles. The van der Waals surface area contributed by atoms with Crippen molar-refractivity contribution in [3.63, 3.8) is 0 Å². The van der Waals surface area contributed by atoms with Crippen molar-refractivity contribution in [2.45, 2.75) is 70.3 Å². The second-order valence-electron chi connectivity index (χ2n) is 8.18. The highest BCUT2D eigenvalue weighted by atomic mass is 15.0. The summed E-state index contributed by atoms with van der Waals surface area (Å²) in [6.45, 7) is 7.88. The molecule has 1 aromatic heterocycles. The van der Waals surface area contributed by atoms with Crippen LogP contribution in [0.2, 0.25) is 0 Å². The molecular weight excluding hydrogens is 244 g/mol. The summed E-state index contributed by atoms with van der Waals surface area (Å²) < 4.78 is 0. The van der Waals surface area contributed by atoms with Gasteiger partial charge in [-0.05, 0) is 69.6 Å². The molecule has 1 aromatic rings. The van der Waals surface area contributed by atoms with E-state index in [1.807, 2.05) is 12.4 Å². The first-order chi connectivity index (χ1) is 9.43. The summed E-state index contributed by atoms with van der Waals surface area (Å²) in [5.74, 6) is 0. The number of nitrogens with zero attached hydrogens (tertiary/aromatic N) is 1. The van der Waals surface area contributed by atoms with Crippen LogP contribution in [0.3, 0.4) is 0 Å². The lowest BCUT2D eigenvalue weighted by Crippen LogP contribution is -2.56. The summed E-state index contributed by atoms with van der Waals surface area (Å²) in [6.07, 6.45) is 12.4. The third-order valence-corrected chi connectivity index (χ3v) is 5.34. The summed E-state index contributed by atoms with van der Waals surface area (Å²) in [6, 6.07) is 4.46. The van der Waals surface area contributed by atoms with Gasteiger partial charge in [0.25, 0.3) is 0 Å². The Balaban J connectivity index is 1.78. The maximum absolute atomic E-state index is 4.19. The lowest BCUT2D eigenvalue weighted by atomic mass is 9.49. The van der Waals surface area contributed by atoms with Crippen LogP contribution in [0.4, 0.5) is 0 Å². The Labute approximate surface area is 123 Å². The molecule has 0 saturated heterocycles. The van der Waals surface area contributed by atoms with Crippen molar-refractivity contribution in [1.29, 1.82) is 0 Å². The second-order valence-corrected chi connectivity index (χ2v) is 8.18. The lowest BCUT2D eigenvalue weighted by Gasteiger charge is -2.56. The highest BCUT2D eigenvalue weighted by Crippen LogP contribution is 2.62. The first-order valence-corrected chi connectivity index (χ1v) is 8.09. The van der Waals surface area contributed by atoms with E-state index >= 15 is 0 Å². The van der Waals surface area contributed by atoms with Crippen molar-refractivity contribution in [2.24, 2.45) is 5.41 Å². The van der Waals surface area contributed by atoms with Crippen molar-refractivity contribution in [1.82, 2.24) is 10.3 Å². The molecule has 1 spiro atoms. The molecular formula is C18H28N2. The zero-order chi connectivity index (χ0) is 14.3. The monoisotopic (exact) mass is 272 g/mol. The highest BCUT2D eigenvalue weighted by Gasteiger charge is 2.55. The van der Waals surface area contributed by atoms with Crippen LogP contribution in [-0.2, 0) is 5.41 Å². The van der Waals surface area contributed by atoms with Gasteiger partial charge in [-0.3, -0.25) is 4.98 Å². The predicted octanol–water partition coefficient (Wildman–Crippen LogP) is 4.06. The summed E-state index contributed by atoms with van der Waals surface area (Å²) in [5, 5.41) is 3.75. The standard InChI is InChI=1S/C18H28N2/c1-16(2,3)20-14-18(15-6-10-19-11-7-15)12-17(13-18)8-4-5-9-17/h6-7,10-11,20H,4-5,8-9,12-14H2,1-3H3. The van der Waals surface area contributed by atoms with Crippen LogP contribution in [0.15, 0.2) is 24.5 Å². The molecule has 1 N–H and O–H groups in total. The fourth-order valence-electron chi connectivity index (χ4n) is 4.43. The van der Waals surface area contributed by atoms with E-state index in [0.717, 1.165) is 6.54 Å². The van der Waals surface area contributed by atoms with Gasteiger partial charge in [0.1, 0.15) is 0 Å². The number of pyridine rings is 1. The third kappa shape index (κ3) is 2.63. The van der Waals surface area contributed by atoms with Gasteiger partial charge in [-0.25, -0.2) is 0 Å². The molecule has 20 heavy (non-hydrogen) atoms. The third-order valence-electron chi connectivity index (χ3n) is 5.34. The van der Waals surface area contributed by atoms with Crippen LogP contribution < -0.4 is 5.32 Å². The first kappa shape index (κ1) is 14.1. The molecule has 110 valence electrons. The Kier molecular flexibility index (Phi) is 3.40. The van der Waals surface area contributed by atoms with E-state index in [4.69, 9.17) is 0 Å². The van der Waals surface area contributed by atoms with Gasteiger partial charge in [-0.2, -0.15) is 0 Å². The molecule has 0 amide bonds. The van der Waals surface area contributed by atoms with Crippen LogP contribution in [-0.4, -0.2) is 17.1 Å². The molecule has 0 bridgehead atoms. The van der Waals surface area contributed by atoms with Gasteiger partial charge in [-0.15, -0.1) is 0 Å². The largest absolute Gasteiger partial charge is 0.311 e. The second kappa shape index (κ2) is 4.84. The summed E-state index contributed by atoms with van der Waals surface area (Å²) >= 11 is 0. The fraction of sp³-hybridized carbons (Fsp3) is 0.722. The molecule has 2 aliphatic rings. The van der Waals surface area contributed by atoms with Crippen LogP contribution in [0.25, 0.3) is 0 Å². The average Bonchev–Trinajstić information content (AvgIpc) is 2.84. The van der Waals surface area contributed by atoms with E-state index in [9.17, 15) is 0 Å². The number of rotatable bonds is 3. The predicted molar refractivity (Wildman–Crippen MR) is 83.8 cm³/mol. The van der Waals surface area contributed by atoms with Gasteiger partial charge in [0.15, 0.2) is 0 Å². The van der Waals surface area contributed by atoms with Crippen molar-refractivity contribution < 1.29 is 0 Å². The number of hydrogen-bond acceptors (Lipinski definition) is 2. The Bertz CT molecular complexity index is 444. The van der Waals surface area contributed by atoms with Crippen LogP contribution in [0, 0.1) is 5.41 Å². The molecule has 2 fully saturated rings. The zero-order valence-electron chi connectivity index (χ0n) is 13.2. The number of nitrogens with one attached hydrogen (secondary N) is 1. The van der Waals surface area contributed by atoms with Gasteiger partial charge >= 0.3 is 0 Å². The van der Waals surface area contributed by atoms with E-state index in [2.05, 4.69) is 43.2 Å². The fourth-order valence-corrected chi connectivity index (χ4v) is 4.43. The quantitative estimate of drug-likeness (QED) is 0.897. The summed E-state index contributed by atoms with van der Waals surface area (Å²) in [7, 11) is 0. The molecule has 0 aliphatic heterocycles. The minimum atomic E-state index is 0.193. The Hall–Kier alpha value is -0.890. The SMILES string of the molecule is CC(C)(C)NCC1(c2ccncc2)CC2(CCCC2)C1. The number of aromatic nitrogens is 1. The smallest absolute Gasteiger partial charge is 0.0270 e. The molecule has 0 unspecified atom stereocenters. The van der Waals surface area contributed by atoms with Gasteiger partial charge in [0, 0.05) is 29.9 Å². The molecule has 0 radical (unpaired) electrons. The van der Waals surface area contributed by atoms with Gasteiger partial charge < -0.3 is 5.32 Å².